The molecule has 0 aliphatic heterocycles. The molecule has 144 valence electrons. The van der Waals surface area contributed by atoms with Crippen molar-refractivity contribution in [2.75, 3.05) is 23.7 Å². The minimum atomic E-state index is -4.65. The first-order valence-electron chi connectivity index (χ1n) is 7.59. The van der Waals surface area contributed by atoms with Crippen molar-refractivity contribution < 1.29 is 21.6 Å². The molecular formula is C15H15F3N6O2S. The van der Waals surface area contributed by atoms with E-state index < -0.39 is 22.7 Å². The maximum Gasteiger partial charge on any atom is 0.402 e. The molecule has 1 aromatic heterocycles. The predicted octanol–water partition coefficient (Wildman–Crippen LogP) is 2.36. The van der Waals surface area contributed by atoms with Crippen molar-refractivity contribution in [3.05, 3.63) is 36.0 Å². The van der Waals surface area contributed by atoms with Crippen LogP contribution >= 0.6 is 0 Å². The Morgan fingerprint density at radius 1 is 1.22 bits per heavy atom. The molecular weight excluding hydrogens is 385 g/mol. The third kappa shape index (κ3) is 5.80. The SMILES string of the molecule is CCNc1nc(Nc2ccc(S(=O)(=O)NCC(F)(F)F)cc2)ncc1C#N. The van der Waals surface area contributed by atoms with E-state index >= 15 is 0 Å². The van der Waals surface area contributed by atoms with Crippen molar-refractivity contribution >= 4 is 27.5 Å². The topological polar surface area (TPSA) is 120 Å². The molecule has 12 heteroatoms. The van der Waals surface area contributed by atoms with Crippen LogP contribution in [0.15, 0.2) is 35.4 Å². The molecule has 0 fully saturated rings. The molecule has 27 heavy (non-hydrogen) atoms. The first-order chi connectivity index (χ1) is 12.6. The molecule has 0 unspecified atom stereocenters. The Kier molecular flexibility index (Phi) is 6.19. The van der Waals surface area contributed by atoms with Gasteiger partial charge < -0.3 is 10.6 Å². The molecule has 8 nitrogen and oxygen atoms in total. The molecule has 3 N–H and O–H groups in total. The number of nitrogens with one attached hydrogen (secondary N) is 3. The van der Waals surface area contributed by atoms with E-state index in [0.717, 1.165) is 12.1 Å². The summed E-state index contributed by atoms with van der Waals surface area (Å²) in [5.41, 5.74) is 0.677. The Hall–Kier alpha value is -2.91. The van der Waals surface area contributed by atoms with Gasteiger partial charge in [0, 0.05) is 12.2 Å². The molecule has 2 aromatic rings. The van der Waals surface area contributed by atoms with E-state index in [1.807, 2.05) is 13.0 Å². The van der Waals surface area contributed by atoms with Crippen LogP contribution in [0.5, 0.6) is 0 Å². The highest BCUT2D eigenvalue weighted by Gasteiger charge is 2.30. The van der Waals surface area contributed by atoms with Crippen LogP contribution in [0, 0.1) is 11.3 Å². The van der Waals surface area contributed by atoms with Crippen molar-refractivity contribution in [2.24, 2.45) is 0 Å². The first-order valence-corrected chi connectivity index (χ1v) is 9.07. The Morgan fingerprint density at radius 3 is 2.44 bits per heavy atom. The maximum absolute atomic E-state index is 12.2. The fourth-order valence-corrected chi connectivity index (χ4v) is 2.95. The lowest BCUT2D eigenvalue weighted by Crippen LogP contribution is -2.33. The third-order valence-electron chi connectivity index (χ3n) is 3.14. The summed E-state index contributed by atoms with van der Waals surface area (Å²) in [4.78, 5) is 7.81. The largest absolute Gasteiger partial charge is 0.402 e. The lowest BCUT2D eigenvalue weighted by molar-refractivity contribution is -0.121. The molecule has 1 heterocycles. The normalized spacial score (nSPS) is 11.7. The molecule has 0 amide bonds. The zero-order chi connectivity index (χ0) is 20.1. The second kappa shape index (κ2) is 8.19. The quantitative estimate of drug-likeness (QED) is 0.653. The summed E-state index contributed by atoms with van der Waals surface area (Å²) < 4.78 is 61.7. The van der Waals surface area contributed by atoms with Gasteiger partial charge in [-0.3, -0.25) is 0 Å². The Labute approximate surface area is 153 Å². The lowest BCUT2D eigenvalue weighted by atomic mass is 10.3. The summed E-state index contributed by atoms with van der Waals surface area (Å²) in [6.07, 6.45) is -3.32. The molecule has 0 saturated heterocycles. The Morgan fingerprint density at radius 2 is 1.89 bits per heavy atom. The second-order valence-corrected chi connectivity index (χ2v) is 6.95. The van der Waals surface area contributed by atoms with E-state index in [9.17, 15) is 21.6 Å². The average molecular weight is 400 g/mol. The molecule has 0 radical (unpaired) electrons. The smallest absolute Gasteiger partial charge is 0.369 e. The molecule has 1 aromatic carbocycles. The van der Waals surface area contributed by atoms with Gasteiger partial charge in [-0.25, -0.2) is 18.1 Å². The van der Waals surface area contributed by atoms with Crippen molar-refractivity contribution in [1.29, 1.82) is 5.26 Å². The van der Waals surface area contributed by atoms with Crippen LogP contribution in [-0.4, -0.2) is 37.7 Å². The predicted molar refractivity (Wildman–Crippen MR) is 91.9 cm³/mol. The summed E-state index contributed by atoms with van der Waals surface area (Å²) in [5.74, 6) is 0.504. The summed E-state index contributed by atoms with van der Waals surface area (Å²) in [6, 6.07) is 6.96. The molecule has 0 bridgehead atoms. The van der Waals surface area contributed by atoms with Crippen molar-refractivity contribution in [1.82, 2.24) is 14.7 Å². The number of hydrogen-bond acceptors (Lipinski definition) is 7. The highest BCUT2D eigenvalue weighted by molar-refractivity contribution is 7.89. The molecule has 0 atom stereocenters. The molecule has 0 saturated carbocycles. The number of halogens is 3. The van der Waals surface area contributed by atoms with Gasteiger partial charge in [0.2, 0.25) is 16.0 Å². The van der Waals surface area contributed by atoms with Gasteiger partial charge in [0.05, 0.1) is 11.1 Å². The van der Waals surface area contributed by atoms with Crippen LogP contribution in [0.25, 0.3) is 0 Å². The fraction of sp³-hybridized carbons (Fsp3) is 0.267. The number of nitrogens with zero attached hydrogens (tertiary/aromatic N) is 3. The number of anilines is 3. The van der Waals surface area contributed by atoms with Gasteiger partial charge in [-0.2, -0.15) is 23.4 Å². The monoisotopic (exact) mass is 400 g/mol. The summed E-state index contributed by atoms with van der Waals surface area (Å²) in [7, 11) is -4.28. The number of sulfonamides is 1. The minimum absolute atomic E-state index is 0.163. The number of hydrogen-bond donors (Lipinski definition) is 3. The number of benzene rings is 1. The Bertz CT molecular complexity index is 940. The lowest BCUT2D eigenvalue weighted by Gasteiger charge is -2.11. The van der Waals surface area contributed by atoms with Crippen molar-refractivity contribution in [2.45, 2.75) is 18.0 Å². The van der Waals surface area contributed by atoms with E-state index in [4.69, 9.17) is 5.26 Å². The van der Waals surface area contributed by atoms with Gasteiger partial charge >= 0.3 is 6.18 Å². The van der Waals surface area contributed by atoms with Gasteiger partial charge in [-0.15, -0.1) is 0 Å². The zero-order valence-electron chi connectivity index (χ0n) is 14.0. The van der Waals surface area contributed by atoms with Crippen LogP contribution < -0.4 is 15.4 Å². The number of nitriles is 1. The van der Waals surface area contributed by atoms with Crippen LogP contribution in [0.4, 0.5) is 30.6 Å². The van der Waals surface area contributed by atoms with Crippen molar-refractivity contribution in [3.63, 3.8) is 0 Å². The summed E-state index contributed by atoms with van der Waals surface area (Å²) in [6.45, 7) is 0.729. The van der Waals surface area contributed by atoms with E-state index in [-0.39, 0.29) is 16.4 Å². The minimum Gasteiger partial charge on any atom is -0.369 e. The standard InChI is InChI=1S/C15H15F3N6O2S/c1-2-20-13-10(7-19)8-21-14(24-13)23-11-3-5-12(6-4-11)27(25,26)22-9-15(16,17)18/h3-6,8,22H,2,9H2,1H3,(H2,20,21,23,24). The first kappa shape index (κ1) is 20.4. The summed E-state index contributed by atoms with van der Waals surface area (Å²) >= 11 is 0. The van der Waals surface area contributed by atoms with E-state index in [1.165, 1.54) is 23.1 Å². The number of rotatable bonds is 7. The molecule has 0 aliphatic rings. The van der Waals surface area contributed by atoms with E-state index in [1.54, 1.807) is 0 Å². The van der Waals surface area contributed by atoms with Crippen LogP contribution in [0.2, 0.25) is 0 Å². The zero-order valence-corrected chi connectivity index (χ0v) is 14.8. The van der Waals surface area contributed by atoms with Crippen LogP contribution in [0.1, 0.15) is 12.5 Å². The van der Waals surface area contributed by atoms with E-state index in [2.05, 4.69) is 20.6 Å². The van der Waals surface area contributed by atoms with Crippen LogP contribution in [0.3, 0.4) is 0 Å². The fourth-order valence-electron chi connectivity index (χ4n) is 1.93. The second-order valence-electron chi connectivity index (χ2n) is 5.19. The molecule has 0 spiro atoms. The highest BCUT2D eigenvalue weighted by atomic mass is 32.2. The van der Waals surface area contributed by atoms with Gasteiger partial charge in [0.15, 0.2) is 0 Å². The molecule has 2 rings (SSSR count). The van der Waals surface area contributed by atoms with Gasteiger partial charge in [0.1, 0.15) is 24.0 Å². The van der Waals surface area contributed by atoms with Gasteiger partial charge in [0.25, 0.3) is 0 Å². The Balaban J connectivity index is 2.14. The number of aromatic nitrogens is 2. The number of alkyl halides is 3. The van der Waals surface area contributed by atoms with Gasteiger partial charge in [-0.1, -0.05) is 0 Å². The summed E-state index contributed by atoms with van der Waals surface area (Å²) in [5, 5.41) is 14.7. The molecule has 0 aliphatic carbocycles. The van der Waals surface area contributed by atoms with E-state index in [0.29, 0.717) is 18.1 Å². The highest BCUT2D eigenvalue weighted by Crippen LogP contribution is 2.20. The maximum atomic E-state index is 12.2. The van der Waals surface area contributed by atoms with Gasteiger partial charge in [-0.05, 0) is 31.2 Å². The van der Waals surface area contributed by atoms with Crippen LogP contribution in [-0.2, 0) is 10.0 Å². The average Bonchev–Trinajstić information content (AvgIpc) is 2.61. The van der Waals surface area contributed by atoms with Crippen molar-refractivity contribution in [3.8, 4) is 6.07 Å². The third-order valence-corrected chi connectivity index (χ3v) is 4.55.